The number of H-pyrrole nitrogens is 4. The molecule has 4 aliphatic heterocycles. The number of carboxylic acids is 2. The molecular formula is C101H104K2N12O26. The zero-order valence-electron chi connectivity index (χ0n) is 77.9. The number of esters is 2. The monoisotopic (exact) mass is 1980 g/mol. The van der Waals surface area contributed by atoms with E-state index in [0.717, 1.165) is 135 Å². The van der Waals surface area contributed by atoms with Gasteiger partial charge in [0.2, 0.25) is 23.6 Å². The van der Waals surface area contributed by atoms with Crippen LogP contribution in [-0.4, -0.2) is 215 Å². The molecule has 38 nitrogen and oxygen atoms in total. The molecular weight excluding hydrogens is 1880 g/mol. The Balaban J connectivity index is 0.000000226. The number of aliphatic carboxylic acids is 2. The van der Waals surface area contributed by atoms with Crippen LogP contribution in [0.4, 0.5) is 0 Å². The number of hydrogen-bond acceptors (Lipinski definition) is 24. The number of aromatic amines is 4. The number of methoxy groups -OCH3 is 2. The van der Waals surface area contributed by atoms with E-state index in [9.17, 15) is 86.9 Å². The summed E-state index contributed by atoms with van der Waals surface area (Å²) in [5, 5.41) is 57.5. The number of hydroxylamine groups is 4. The van der Waals surface area contributed by atoms with Gasteiger partial charge in [0.05, 0.1) is 58.7 Å². The molecule has 0 spiro atoms. The molecule has 4 aliphatic rings. The van der Waals surface area contributed by atoms with Crippen LogP contribution >= 0.6 is 0 Å². The summed E-state index contributed by atoms with van der Waals surface area (Å²) < 4.78 is 9.91. The number of aromatic nitrogens is 4. The van der Waals surface area contributed by atoms with E-state index in [1.807, 2.05) is 79.7 Å². The average Bonchev–Trinajstić information content (AvgIpc) is 1.63. The van der Waals surface area contributed by atoms with Crippen molar-refractivity contribution in [2.24, 2.45) is 0 Å². The standard InChI is InChI=1S/2C25H25N3O6.2C24H23N3O6.C3H6.2K.2H2O/c2*1-34-25(32)21(28-23(30)17-7-3-4-8-18(17)24(28)31)13-16-14-26-20-11-10-15(12-19(16)20)6-2-5-9-22(29)27-33;2*28-21(26-33)8-4-1-5-14-9-10-19-18(11-14)15(13-25-19)12-20(24(31)32)27-22(29)16-6-2-3-7-17(16)23(27)30;1-3-2;;;;/h2*3-4,7-8,10-12,14,21,26,33H,2,5-6,9,13H2,1H3,(H,27,29);2*2-3,6-7,9-11,13,20,25,33H,1,4-5,8,12H2,(H,26,28)(H,31,32);3H,1H2,2H3;;;2*1H2/q;;;;;2*+1;;/p-2/t2*21-;2*20-;;;;;/m0000...../s1. The molecule has 0 fully saturated rings. The van der Waals surface area contributed by atoms with Crippen LogP contribution in [0.15, 0.2) is 207 Å². The summed E-state index contributed by atoms with van der Waals surface area (Å²) in [4.78, 5) is 214. The minimum Gasteiger partial charge on any atom is -0.870 e. The third-order valence-corrected chi connectivity index (χ3v) is 24.0. The number of fused-ring (bicyclic) bond motifs is 8. The number of amides is 12. The number of hydrogen-bond donors (Lipinski definition) is 14. The third-order valence-electron chi connectivity index (χ3n) is 24.0. The van der Waals surface area contributed by atoms with Crippen molar-refractivity contribution < 1.29 is 231 Å². The van der Waals surface area contributed by atoms with Crippen molar-refractivity contribution >= 4 is 138 Å². The first-order valence-electron chi connectivity index (χ1n) is 44.2. The van der Waals surface area contributed by atoms with E-state index >= 15 is 0 Å². The second-order valence-corrected chi connectivity index (χ2v) is 32.9. The molecule has 12 amide bonds. The van der Waals surface area contributed by atoms with Crippen LogP contribution in [0, 0.1) is 0 Å². The molecule has 8 heterocycles. The van der Waals surface area contributed by atoms with Crippen molar-refractivity contribution in [2.75, 3.05) is 14.2 Å². The summed E-state index contributed by atoms with van der Waals surface area (Å²) in [5.74, 6) is -9.96. The molecule has 0 saturated carbocycles. The predicted molar refractivity (Wildman–Crippen MR) is 500 cm³/mol. The molecule has 16 rings (SSSR count). The first-order valence-corrected chi connectivity index (χ1v) is 44.2. The Bertz CT molecular complexity index is 6130. The minimum atomic E-state index is -1.34. The van der Waals surface area contributed by atoms with Gasteiger partial charge in [-0.1, -0.05) is 78.9 Å². The quantitative estimate of drug-likeness (QED) is 0.00423. The van der Waals surface area contributed by atoms with Crippen LogP contribution in [0.3, 0.4) is 0 Å². The maximum atomic E-state index is 13.0. The van der Waals surface area contributed by atoms with Gasteiger partial charge in [-0.25, -0.2) is 41.1 Å². The number of carbonyl (C=O) groups excluding carboxylic acids is 14. The summed E-state index contributed by atoms with van der Waals surface area (Å²) in [7, 11) is 2.47. The van der Waals surface area contributed by atoms with Crippen molar-refractivity contribution in [2.45, 2.75) is 160 Å². The molecule has 141 heavy (non-hydrogen) atoms. The van der Waals surface area contributed by atoms with E-state index in [-0.39, 0.29) is 210 Å². The van der Waals surface area contributed by atoms with Crippen molar-refractivity contribution in [1.29, 1.82) is 0 Å². The summed E-state index contributed by atoms with van der Waals surface area (Å²) in [6, 6.07) is 44.2. The molecule has 4 atom stereocenters. The summed E-state index contributed by atoms with van der Waals surface area (Å²) >= 11 is 0. The SMILES string of the molecule is C=CC.COC(=O)[C@H](Cc1c[nH]c2ccc(CCCCC(=O)NO)cc12)N1C(=O)c2ccccc2C1=O.COC(=O)[C@H](Cc1c[nH]c2ccc(CCCCC(=O)NO)cc12)N1C(=O)c2ccccc2C1=O.O=C(CCCCc1ccc2[nH]cc(C[C@@H](C(=O)O)N3C(=O)c4ccccc4C3=O)c2c1)NO.O=C(CCCCc1ccc2[nH]cc(C[C@@H](C(=O)O)N3C(=O)c4ccccc4C3=O)c2c1)NO.[K+].[K+].[OH-].[OH-]. The fourth-order valence-corrected chi connectivity index (χ4v) is 17.1. The van der Waals surface area contributed by atoms with Crippen LogP contribution in [-0.2, 0) is 99.2 Å². The second kappa shape index (κ2) is 53.6. The molecule has 12 aromatic rings. The van der Waals surface area contributed by atoms with E-state index in [1.54, 1.807) is 126 Å². The van der Waals surface area contributed by atoms with Gasteiger partial charge in [-0.05, 0) is 226 Å². The molecule has 0 saturated heterocycles. The molecule has 0 aliphatic carbocycles. The van der Waals surface area contributed by atoms with Crippen LogP contribution in [0.5, 0.6) is 0 Å². The number of aryl methyl sites for hydroxylation is 4. The number of imide groups is 4. The number of allylic oxidation sites excluding steroid dienone is 1. The van der Waals surface area contributed by atoms with Crippen LogP contribution in [0.1, 0.15) is 211 Å². The summed E-state index contributed by atoms with van der Waals surface area (Å²) in [5.41, 5.74) is 18.9. The maximum absolute atomic E-state index is 13.0. The maximum Gasteiger partial charge on any atom is 1.00 e. The van der Waals surface area contributed by atoms with E-state index in [1.165, 1.54) is 38.5 Å². The van der Waals surface area contributed by atoms with Gasteiger partial charge >= 0.3 is 127 Å². The van der Waals surface area contributed by atoms with E-state index in [2.05, 4.69) is 26.5 Å². The number of ether oxygens (including phenoxy) is 2. The summed E-state index contributed by atoms with van der Waals surface area (Å²) in [6.07, 6.45) is 18.2. The van der Waals surface area contributed by atoms with E-state index < -0.39 is 119 Å². The Morgan fingerprint density at radius 3 is 0.688 bits per heavy atom. The van der Waals surface area contributed by atoms with Gasteiger partial charge in [0, 0.05) is 120 Å². The number of rotatable bonds is 36. The van der Waals surface area contributed by atoms with Crippen LogP contribution < -0.4 is 125 Å². The smallest absolute Gasteiger partial charge is 0.870 e. The largest absolute Gasteiger partial charge is 1.00 e. The Kier molecular flexibility index (Phi) is 43.1. The van der Waals surface area contributed by atoms with Crippen molar-refractivity contribution in [3.63, 3.8) is 0 Å². The van der Waals surface area contributed by atoms with Crippen molar-refractivity contribution in [1.82, 2.24) is 61.5 Å². The fourth-order valence-electron chi connectivity index (χ4n) is 17.1. The average molecular weight is 1980 g/mol. The van der Waals surface area contributed by atoms with Gasteiger partial charge in [-0.3, -0.25) is 98.0 Å². The predicted octanol–water partition coefficient (Wildman–Crippen LogP) is 5.74. The molecule has 0 radical (unpaired) electrons. The Labute approximate surface area is 892 Å². The molecule has 8 aromatic carbocycles. The first kappa shape index (κ1) is 113. The van der Waals surface area contributed by atoms with E-state index in [0.29, 0.717) is 49.7 Å². The number of benzene rings is 8. The molecule has 40 heteroatoms. The molecule has 0 bridgehead atoms. The van der Waals surface area contributed by atoms with Gasteiger partial charge in [0.25, 0.3) is 47.3 Å². The Morgan fingerprint density at radius 2 is 0.511 bits per heavy atom. The first-order chi connectivity index (χ1) is 66.1. The fraction of sp³-hybridized carbons (Fsp3) is 0.267. The number of nitrogens with zero attached hydrogens (tertiary/aromatic N) is 4. The van der Waals surface area contributed by atoms with E-state index in [4.69, 9.17) is 30.3 Å². The van der Waals surface area contributed by atoms with Crippen LogP contribution in [0.2, 0.25) is 0 Å². The van der Waals surface area contributed by atoms with Crippen molar-refractivity contribution in [3.8, 4) is 0 Å². The van der Waals surface area contributed by atoms with Crippen LogP contribution in [0.25, 0.3) is 43.6 Å². The number of unbranched alkanes of at least 4 members (excludes halogenated alkanes) is 4. The normalized spacial score (nSPS) is 13.2. The van der Waals surface area contributed by atoms with Gasteiger partial charge in [0.15, 0.2) is 0 Å². The molecule has 4 aromatic heterocycles. The third kappa shape index (κ3) is 27.0. The van der Waals surface area contributed by atoms with Crippen molar-refractivity contribution in [3.05, 3.63) is 296 Å². The molecule has 16 N–H and O–H groups in total. The van der Waals surface area contributed by atoms with Gasteiger partial charge in [0.1, 0.15) is 24.2 Å². The Hall–Kier alpha value is -13.0. The topological polar surface area (TPSA) is 597 Å². The second-order valence-electron chi connectivity index (χ2n) is 32.9. The number of nitrogens with one attached hydrogen (secondary N) is 8. The number of carbonyl (C=O) groups is 16. The minimum absolute atomic E-state index is 0. The zero-order valence-corrected chi connectivity index (χ0v) is 84.2. The molecule has 726 valence electrons. The Morgan fingerprint density at radius 1 is 0.326 bits per heavy atom. The number of carboxylic acid groups (broad SMARTS) is 2. The van der Waals surface area contributed by atoms with Gasteiger partial charge in [-0.15, -0.1) is 6.58 Å². The van der Waals surface area contributed by atoms with Gasteiger partial charge < -0.3 is 50.6 Å². The summed E-state index contributed by atoms with van der Waals surface area (Å²) in [6.45, 7) is 5.25. The zero-order chi connectivity index (χ0) is 98.3. The van der Waals surface area contributed by atoms with Gasteiger partial charge in [-0.2, -0.15) is 0 Å². The molecule has 0 unspecified atom stereocenters.